The molecule has 10 nitrogen and oxygen atoms in total. The van der Waals surface area contributed by atoms with E-state index in [1.807, 2.05) is 48.5 Å². The second kappa shape index (κ2) is 16.8. The average Bonchev–Trinajstić information content (AvgIpc) is 3.21. The third-order valence-electron chi connectivity index (χ3n) is 11.0. The summed E-state index contributed by atoms with van der Waals surface area (Å²) in [6.07, 6.45) is -5.35. The lowest BCUT2D eigenvalue weighted by molar-refractivity contribution is -0.302. The summed E-state index contributed by atoms with van der Waals surface area (Å²) < 4.78 is 32.6. The zero-order chi connectivity index (χ0) is 37.9. The van der Waals surface area contributed by atoms with Crippen LogP contribution in [-0.4, -0.2) is 72.7 Å². The Labute approximate surface area is 321 Å². The van der Waals surface area contributed by atoms with Crippen LogP contribution in [0, 0.1) is 0 Å². The van der Waals surface area contributed by atoms with Crippen molar-refractivity contribution in [3.63, 3.8) is 0 Å². The van der Waals surface area contributed by atoms with Gasteiger partial charge in [0.2, 0.25) is 0 Å². The molecule has 0 unspecified atom stereocenters. The summed E-state index contributed by atoms with van der Waals surface area (Å²) in [6, 6.07) is 41.2. The van der Waals surface area contributed by atoms with Crippen LogP contribution in [0.3, 0.4) is 0 Å². The Balaban J connectivity index is 1.00. The number of hydrogen-bond donors (Lipinski definition) is 5. The van der Waals surface area contributed by atoms with Crippen LogP contribution < -0.4 is 22.9 Å². The van der Waals surface area contributed by atoms with Gasteiger partial charge < -0.3 is 51.7 Å². The molecule has 8 rings (SSSR count). The molecule has 0 spiro atoms. The first-order valence-corrected chi connectivity index (χ1v) is 19.1. The summed E-state index contributed by atoms with van der Waals surface area (Å²) in [5, 5.41) is 18.5. The van der Waals surface area contributed by atoms with Crippen molar-refractivity contribution >= 4 is 32.3 Å². The van der Waals surface area contributed by atoms with E-state index in [1.165, 1.54) is 0 Å². The number of fused-ring (bicyclic) bond motifs is 3. The fourth-order valence-corrected chi connectivity index (χ4v) is 8.04. The highest BCUT2D eigenvalue weighted by Gasteiger charge is 2.50. The van der Waals surface area contributed by atoms with E-state index in [0.29, 0.717) is 13.0 Å². The molecule has 1 saturated heterocycles. The molecule has 6 aromatic rings. The summed E-state index contributed by atoms with van der Waals surface area (Å²) in [5.41, 5.74) is 29.5. The Morgan fingerprint density at radius 2 is 0.945 bits per heavy atom. The highest BCUT2D eigenvalue weighted by Crippen LogP contribution is 2.32. The van der Waals surface area contributed by atoms with Crippen LogP contribution >= 0.6 is 0 Å². The molecule has 6 aromatic carbocycles. The quantitative estimate of drug-likeness (QED) is 0.115. The smallest absolute Gasteiger partial charge is 0.176 e. The van der Waals surface area contributed by atoms with Crippen LogP contribution in [0.1, 0.15) is 23.1 Å². The van der Waals surface area contributed by atoms with Gasteiger partial charge in [0.15, 0.2) is 6.29 Å². The van der Waals surface area contributed by atoms with Gasteiger partial charge in [0, 0.05) is 18.6 Å². The summed E-state index contributed by atoms with van der Waals surface area (Å²) in [7, 11) is 0. The average molecular weight is 743 g/mol. The zero-order valence-corrected chi connectivity index (χ0v) is 30.7. The van der Waals surface area contributed by atoms with Crippen molar-refractivity contribution < 1.29 is 28.8 Å². The lowest BCUT2D eigenvalue weighted by Gasteiger charge is -2.48. The number of hydrogen-bond acceptors (Lipinski definition) is 10. The van der Waals surface area contributed by atoms with E-state index in [1.54, 1.807) is 0 Å². The Kier molecular flexibility index (Phi) is 11.5. The highest BCUT2D eigenvalue weighted by atomic mass is 16.7. The minimum absolute atomic E-state index is 0.118. The molecular weight excluding hydrogens is 693 g/mol. The molecule has 10 atom stereocenters. The van der Waals surface area contributed by atoms with Gasteiger partial charge in [-0.1, -0.05) is 109 Å². The lowest BCUT2D eigenvalue weighted by atomic mass is 9.84. The van der Waals surface area contributed by atoms with Crippen molar-refractivity contribution in [2.75, 3.05) is 6.54 Å². The van der Waals surface area contributed by atoms with Gasteiger partial charge in [-0.15, -0.1) is 0 Å². The summed E-state index contributed by atoms with van der Waals surface area (Å²) >= 11 is 0. The Morgan fingerprint density at radius 1 is 0.527 bits per heavy atom. The predicted octanol–water partition coefficient (Wildman–Crippen LogP) is 5.02. The van der Waals surface area contributed by atoms with Gasteiger partial charge in [0.05, 0.1) is 25.9 Å². The third kappa shape index (κ3) is 8.30. The number of aliphatic hydroxyl groups excluding tert-OH is 1. The largest absolute Gasteiger partial charge is 0.388 e. The topological polar surface area (TPSA) is 170 Å². The normalized spacial score (nSPS) is 28.5. The Hall–Kier alpha value is -4.30. The Bertz CT molecular complexity index is 2220. The van der Waals surface area contributed by atoms with E-state index in [2.05, 4.69) is 78.9 Å². The molecule has 1 saturated carbocycles. The van der Waals surface area contributed by atoms with Gasteiger partial charge >= 0.3 is 0 Å². The fourth-order valence-electron chi connectivity index (χ4n) is 8.04. The van der Waals surface area contributed by atoms with E-state index in [9.17, 15) is 5.11 Å². The van der Waals surface area contributed by atoms with Gasteiger partial charge in [-0.05, 0) is 73.6 Å². The van der Waals surface area contributed by atoms with Crippen LogP contribution in [0.15, 0.2) is 127 Å². The van der Waals surface area contributed by atoms with Crippen molar-refractivity contribution in [2.45, 2.75) is 87.3 Å². The van der Waals surface area contributed by atoms with E-state index in [4.69, 9.17) is 46.6 Å². The van der Waals surface area contributed by atoms with Crippen LogP contribution in [0.2, 0.25) is 0 Å². The van der Waals surface area contributed by atoms with Crippen LogP contribution in [0.25, 0.3) is 32.3 Å². The summed E-state index contributed by atoms with van der Waals surface area (Å²) in [4.78, 5) is 0. The van der Waals surface area contributed by atoms with Crippen molar-refractivity contribution in [1.29, 1.82) is 0 Å². The third-order valence-corrected chi connectivity index (χ3v) is 11.0. The van der Waals surface area contributed by atoms with Gasteiger partial charge in [-0.2, -0.15) is 0 Å². The molecule has 9 N–H and O–H groups in total. The van der Waals surface area contributed by atoms with Crippen LogP contribution in [0.4, 0.5) is 0 Å². The standard InChI is InChI=1S/C45H50N4O6/c46-23-38-43(52-25-28-14-17-31-8-2-5-11-34(31)20-28)44(53-26-29-15-18-32-9-3-6-12-35(32)21-29)39(49)45(54-38)55-42-37(48)22-36(47)41(40(42)50)51-24-27-13-16-30-7-1-4-10-33(30)19-27/h1-21,36-45,50H,22-26,46-49H2/t36-,37+,38-,39-,40-,41+,42-,43-,44-,45-/m1/s1. The molecule has 0 aromatic heterocycles. The maximum absolute atomic E-state index is 11.7. The molecule has 2 aliphatic rings. The van der Waals surface area contributed by atoms with Crippen LogP contribution in [-0.2, 0) is 43.5 Å². The molecule has 1 aliphatic heterocycles. The van der Waals surface area contributed by atoms with Gasteiger partial charge in [0.1, 0.15) is 36.6 Å². The second-order valence-electron chi connectivity index (χ2n) is 14.9. The molecule has 286 valence electrons. The number of benzene rings is 6. The fraction of sp³-hybridized carbons (Fsp3) is 0.333. The van der Waals surface area contributed by atoms with Crippen molar-refractivity contribution in [3.05, 3.63) is 144 Å². The second-order valence-corrected chi connectivity index (χ2v) is 14.9. The molecule has 1 aliphatic carbocycles. The first-order valence-electron chi connectivity index (χ1n) is 19.1. The van der Waals surface area contributed by atoms with Crippen molar-refractivity contribution in [3.8, 4) is 0 Å². The first kappa shape index (κ1) is 37.6. The SMILES string of the molecule is NC[C@H]1O[C@H](O[C@H]2[C@H](O)[C@@H](OCc3ccc4ccccc4c3)[C@H](N)C[C@@H]2N)[C@H](N)[C@@H](OCc2ccc3ccccc3c2)[C@@H]1OCc1ccc2ccccc2c1. The predicted molar refractivity (Wildman–Crippen MR) is 215 cm³/mol. The lowest BCUT2D eigenvalue weighted by Crippen LogP contribution is -2.68. The van der Waals surface area contributed by atoms with Crippen LogP contribution in [0.5, 0.6) is 0 Å². The molecule has 55 heavy (non-hydrogen) atoms. The minimum atomic E-state index is -1.15. The molecule has 10 heteroatoms. The molecular formula is C45H50N4O6. The minimum Gasteiger partial charge on any atom is -0.388 e. The van der Waals surface area contributed by atoms with E-state index in [0.717, 1.165) is 49.0 Å². The summed E-state index contributed by atoms with van der Waals surface area (Å²) in [6.45, 7) is 0.947. The number of rotatable bonds is 12. The van der Waals surface area contributed by atoms with E-state index in [-0.39, 0.29) is 19.8 Å². The molecule has 0 amide bonds. The number of nitrogens with two attached hydrogens (primary N) is 4. The van der Waals surface area contributed by atoms with Gasteiger partial charge in [-0.25, -0.2) is 0 Å². The zero-order valence-electron chi connectivity index (χ0n) is 30.7. The van der Waals surface area contributed by atoms with Crippen molar-refractivity contribution in [1.82, 2.24) is 0 Å². The molecule has 0 bridgehead atoms. The van der Waals surface area contributed by atoms with Crippen molar-refractivity contribution in [2.24, 2.45) is 22.9 Å². The number of aliphatic hydroxyl groups is 1. The highest BCUT2D eigenvalue weighted by molar-refractivity contribution is 5.84. The van der Waals surface area contributed by atoms with E-state index < -0.39 is 61.0 Å². The maximum Gasteiger partial charge on any atom is 0.176 e. The summed E-state index contributed by atoms with van der Waals surface area (Å²) in [5.74, 6) is 0. The number of ether oxygens (including phenoxy) is 5. The maximum atomic E-state index is 11.7. The first-order chi connectivity index (χ1) is 26.8. The molecule has 1 heterocycles. The molecule has 0 radical (unpaired) electrons. The monoisotopic (exact) mass is 742 g/mol. The van der Waals surface area contributed by atoms with Gasteiger partial charge in [-0.3, -0.25) is 0 Å². The van der Waals surface area contributed by atoms with Gasteiger partial charge in [0.25, 0.3) is 0 Å². The van der Waals surface area contributed by atoms with E-state index >= 15 is 0 Å². The molecule has 2 fully saturated rings. The Morgan fingerprint density at radius 3 is 1.42 bits per heavy atom.